The average molecular weight is 407 g/mol. The molecule has 0 spiro atoms. The summed E-state index contributed by atoms with van der Waals surface area (Å²) in [7, 11) is 0. The molecule has 0 atom stereocenters. The molecule has 0 aliphatic rings. The average Bonchev–Trinajstić information content (AvgIpc) is 2.66. The summed E-state index contributed by atoms with van der Waals surface area (Å²) in [5, 5.41) is 8.98. The molecule has 0 aliphatic heterocycles. The normalized spacial score (nSPS) is 9.29. The van der Waals surface area contributed by atoms with Gasteiger partial charge in [-0.15, -0.1) is 12.4 Å². The Morgan fingerprint density at radius 2 is 2.10 bits per heavy atom. The van der Waals surface area contributed by atoms with E-state index in [9.17, 15) is 0 Å². The largest absolute Gasteiger partial charge is 1.00 e. The first-order valence-corrected chi connectivity index (χ1v) is 6.65. The van der Waals surface area contributed by atoms with Crippen molar-refractivity contribution in [2.75, 3.05) is 12.3 Å². The third-order valence-corrected chi connectivity index (χ3v) is 4.00. The van der Waals surface area contributed by atoms with Crippen molar-refractivity contribution in [3.63, 3.8) is 0 Å². The van der Waals surface area contributed by atoms with Crippen LogP contribution in [-0.2, 0) is 32.4 Å². The Morgan fingerprint density at radius 3 is 2.67 bits per heavy atom. The predicted octanol–water partition coefficient (Wildman–Crippen LogP) is -1.86. The molecule has 0 radical (unpaired) electrons. The maximum atomic E-state index is 8.98. The Labute approximate surface area is 191 Å². The third kappa shape index (κ3) is 6.57. The number of halogens is 1. The van der Waals surface area contributed by atoms with Crippen molar-refractivity contribution in [1.29, 1.82) is 0 Å². The summed E-state index contributed by atoms with van der Waals surface area (Å²) in [5.74, 6) is 1.22. The summed E-state index contributed by atoms with van der Waals surface area (Å²) < 4.78 is 2.11. The number of aliphatic hydroxyl groups excluding tert-OH is 1. The van der Waals surface area contributed by atoms with E-state index in [0.29, 0.717) is 24.6 Å². The van der Waals surface area contributed by atoms with Gasteiger partial charge in [0.2, 0.25) is 5.51 Å². The van der Waals surface area contributed by atoms with Crippen molar-refractivity contribution in [2.45, 2.75) is 26.8 Å². The molecule has 2 aromatic rings. The first kappa shape index (κ1) is 24.3. The van der Waals surface area contributed by atoms with Gasteiger partial charge in [0, 0.05) is 45.6 Å². The molecule has 0 bridgehead atoms. The number of nitrogens with zero attached hydrogens (tertiary/aromatic N) is 3. The summed E-state index contributed by atoms with van der Waals surface area (Å²) in [4.78, 5) is 9.53. The van der Waals surface area contributed by atoms with Gasteiger partial charge in [-0.25, -0.2) is 9.97 Å². The molecule has 9 heteroatoms. The minimum Gasteiger partial charge on any atom is -1.00 e. The quantitative estimate of drug-likeness (QED) is 0.461. The van der Waals surface area contributed by atoms with Crippen LogP contribution in [-0.4, -0.2) is 21.7 Å². The van der Waals surface area contributed by atoms with E-state index in [4.69, 9.17) is 10.8 Å². The van der Waals surface area contributed by atoms with Gasteiger partial charge in [0.1, 0.15) is 11.6 Å². The van der Waals surface area contributed by atoms with Crippen LogP contribution in [0.2, 0.25) is 0 Å². The van der Waals surface area contributed by atoms with E-state index in [1.165, 1.54) is 4.88 Å². The molecule has 2 aromatic heterocycles. The summed E-state index contributed by atoms with van der Waals surface area (Å²) in [6.45, 7) is 4.71. The van der Waals surface area contributed by atoms with Crippen LogP contribution in [0.15, 0.2) is 11.7 Å². The molecule has 0 aliphatic carbocycles. The van der Waals surface area contributed by atoms with E-state index in [0.717, 1.165) is 11.3 Å². The van der Waals surface area contributed by atoms with E-state index >= 15 is 0 Å². The maximum Gasteiger partial charge on any atom is 1.00 e. The van der Waals surface area contributed by atoms with Crippen molar-refractivity contribution >= 4 is 29.6 Å². The fourth-order valence-corrected chi connectivity index (χ4v) is 2.75. The van der Waals surface area contributed by atoms with Crippen LogP contribution >= 0.6 is 23.7 Å². The van der Waals surface area contributed by atoms with Crippen LogP contribution in [0.1, 0.15) is 23.4 Å². The molecule has 0 aromatic carbocycles. The Balaban J connectivity index is -0.000000902. The number of aliphatic hydroxyl groups is 1. The van der Waals surface area contributed by atoms with Crippen molar-refractivity contribution in [2.24, 2.45) is 0 Å². The second kappa shape index (κ2) is 11.5. The van der Waals surface area contributed by atoms with Gasteiger partial charge in [-0.2, -0.15) is 4.57 Å². The second-order valence-corrected chi connectivity index (χ2v) is 5.10. The fraction of sp³-hybridized carbons (Fsp3) is 0.417. The zero-order chi connectivity index (χ0) is 13.1. The number of hydrogen-bond acceptors (Lipinski definition) is 5. The number of nitrogens with two attached hydrogens (primary N) is 1. The summed E-state index contributed by atoms with van der Waals surface area (Å²) in [5.41, 5.74) is 10.0. The van der Waals surface area contributed by atoms with Crippen LogP contribution in [0, 0.1) is 13.8 Å². The minimum absolute atomic E-state index is 0. The summed E-state index contributed by atoms with van der Waals surface area (Å²) in [6.07, 6.45) is 2.47. The predicted molar refractivity (Wildman–Crippen MR) is 78.7 cm³/mol. The molecule has 0 saturated carbocycles. The van der Waals surface area contributed by atoms with Gasteiger partial charge in [-0.1, -0.05) is 11.3 Å². The number of thiazole rings is 1. The van der Waals surface area contributed by atoms with E-state index in [2.05, 4.69) is 14.5 Å². The SMILES string of the molecule is Cc1ncc(C[n+]2csc(CCO)c2C)c(N)n1.Cl.[H-].[K+].[Zn]. The van der Waals surface area contributed by atoms with Crippen LogP contribution in [0.5, 0.6) is 0 Å². The van der Waals surface area contributed by atoms with Gasteiger partial charge in [0.05, 0.1) is 10.4 Å². The molecule has 0 unspecified atom stereocenters. The topological polar surface area (TPSA) is 75.9 Å². The van der Waals surface area contributed by atoms with Crippen LogP contribution < -0.4 is 61.7 Å². The number of aromatic nitrogens is 3. The first-order chi connectivity index (χ1) is 8.61. The summed E-state index contributed by atoms with van der Waals surface area (Å²) >= 11 is 1.65. The van der Waals surface area contributed by atoms with Gasteiger partial charge >= 0.3 is 51.4 Å². The number of aryl methyl sites for hydroxylation is 1. The number of hydrogen-bond donors (Lipinski definition) is 2. The van der Waals surface area contributed by atoms with Crippen molar-refractivity contribution in [3.05, 3.63) is 33.7 Å². The van der Waals surface area contributed by atoms with Gasteiger partial charge in [-0.05, 0) is 6.92 Å². The Bertz CT molecular complexity index is 576. The molecule has 108 valence electrons. The Kier molecular flexibility index (Phi) is 13.3. The van der Waals surface area contributed by atoms with Gasteiger partial charge in [-0.3, -0.25) is 0 Å². The Morgan fingerprint density at radius 1 is 1.43 bits per heavy atom. The molecule has 0 fully saturated rings. The van der Waals surface area contributed by atoms with Gasteiger partial charge < -0.3 is 12.3 Å². The zero-order valence-electron chi connectivity index (χ0n) is 13.7. The fourth-order valence-electron chi connectivity index (χ4n) is 1.77. The van der Waals surface area contributed by atoms with E-state index < -0.39 is 0 Å². The Hall–Kier alpha value is 1.02. The van der Waals surface area contributed by atoms with E-state index in [-0.39, 0.29) is 91.3 Å². The minimum atomic E-state index is 0. The summed E-state index contributed by atoms with van der Waals surface area (Å²) in [6, 6.07) is 0. The van der Waals surface area contributed by atoms with Gasteiger partial charge in [0.15, 0.2) is 12.2 Å². The number of rotatable bonds is 4. The molecule has 2 rings (SSSR count). The number of anilines is 1. The maximum absolute atomic E-state index is 8.98. The molecule has 21 heavy (non-hydrogen) atoms. The molecular formula is C12H19ClKN4OSZn+. The monoisotopic (exact) mass is 405 g/mol. The molecule has 0 saturated heterocycles. The van der Waals surface area contributed by atoms with Gasteiger partial charge in [0.25, 0.3) is 0 Å². The molecular weight excluding hydrogens is 388 g/mol. The molecule has 2 heterocycles. The molecule has 3 N–H and O–H groups in total. The third-order valence-electron chi connectivity index (χ3n) is 2.85. The van der Waals surface area contributed by atoms with Crippen LogP contribution in [0.25, 0.3) is 0 Å². The molecule has 5 nitrogen and oxygen atoms in total. The van der Waals surface area contributed by atoms with E-state index in [1.807, 2.05) is 19.4 Å². The van der Waals surface area contributed by atoms with E-state index in [1.54, 1.807) is 17.5 Å². The molecule has 0 amide bonds. The second-order valence-electron chi connectivity index (χ2n) is 4.16. The van der Waals surface area contributed by atoms with Crippen molar-refractivity contribution in [3.8, 4) is 0 Å². The van der Waals surface area contributed by atoms with Crippen molar-refractivity contribution < 1.29 is 82.0 Å². The standard InChI is InChI=1S/C12H17N4OS.ClH.K.Zn.H/c1-8-11(3-4-17)18-7-16(8)6-10-5-14-9(2)15-12(10)13;;;;/h5,7,17H,3-4,6H2,1-2H3,(H2,13,14,15);1H;;;/q+1;;+1;;-1. The van der Waals surface area contributed by atoms with Crippen LogP contribution in [0.4, 0.5) is 5.82 Å². The van der Waals surface area contributed by atoms with Crippen molar-refractivity contribution in [1.82, 2.24) is 9.97 Å². The first-order valence-electron chi connectivity index (χ1n) is 5.77. The zero-order valence-corrected chi connectivity index (χ0v) is 20.4. The number of nitrogen functional groups attached to an aromatic ring is 1. The smallest absolute Gasteiger partial charge is 1.00 e. The van der Waals surface area contributed by atoms with Crippen LogP contribution in [0.3, 0.4) is 0 Å².